The zero-order chi connectivity index (χ0) is 58.8. The van der Waals surface area contributed by atoms with Crippen molar-refractivity contribution >= 4 is 33.0 Å². The molecule has 4 heterocycles. The summed E-state index contributed by atoms with van der Waals surface area (Å²) in [7, 11) is 0. The first-order chi connectivity index (χ1) is 41.1. The van der Waals surface area contributed by atoms with Crippen LogP contribution in [0.3, 0.4) is 0 Å². The van der Waals surface area contributed by atoms with Crippen LogP contribution in [0.5, 0.6) is 11.5 Å². The van der Waals surface area contributed by atoms with Gasteiger partial charge in [-0.05, 0) is 183 Å². The summed E-state index contributed by atoms with van der Waals surface area (Å²) < 4.78 is 18.2. The van der Waals surface area contributed by atoms with E-state index < -0.39 is 0 Å². The van der Waals surface area contributed by atoms with Gasteiger partial charge in [0, 0.05) is 28.5 Å². The molecular weight excluding hydrogens is 1230 g/mol. The van der Waals surface area contributed by atoms with E-state index in [1.165, 1.54) is 55.6 Å². The molecule has 0 spiro atoms. The molecule has 0 N–H and O–H groups in total. The number of imidazole rings is 2. The quantitative estimate of drug-likeness (QED) is 0.101. The Morgan fingerprint density at radius 1 is 0.419 bits per heavy atom. The predicted octanol–water partition coefficient (Wildman–Crippen LogP) is 21.3. The zero-order valence-corrected chi connectivity index (χ0v) is 52.9. The summed E-state index contributed by atoms with van der Waals surface area (Å²) in [6.07, 6.45) is 1.72. The van der Waals surface area contributed by atoms with Crippen LogP contribution >= 0.6 is 0 Å². The van der Waals surface area contributed by atoms with Gasteiger partial charge in [0.25, 0.3) is 0 Å². The molecule has 7 nitrogen and oxygen atoms in total. The molecule has 0 amide bonds. The molecule has 8 heteroatoms. The molecule has 4 aromatic heterocycles. The van der Waals surface area contributed by atoms with Crippen LogP contribution < -0.4 is 4.74 Å². The van der Waals surface area contributed by atoms with Crippen LogP contribution in [-0.4, -0.2) is 24.1 Å². The summed E-state index contributed by atoms with van der Waals surface area (Å²) in [6.45, 7) is 24.6. The molecule has 0 saturated carbocycles. The standard InChI is InChI=1S/C78H69N5O2.Pt/c1-46(2)65-39-60(54-23-16-13-17-24-54)40-66(47(3)4)75(65)82-71-28-19-18-27-69(71)80-77(82)57-25-20-26-63(38-57)85-73-45-62(44-72-64(73)33-34-84-72)78-81-70-43-58(59-36-51(10)79-52(11)37-59)35-50(9)74(70)83(78)76-67(48(5)6)41-61(42-68(76)49(7)8)56-31-29-55(30-32-56)53-21-14-12-15-22-53;/h12-37,39-44,46-49H,1-11H3;/q-2;+2. The smallest absolute Gasteiger partial charge is 0.496 e. The van der Waals surface area contributed by atoms with Gasteiger partial charge in [0.05, 0.1) is 51.3 Å². The molecule has 0 unspecified atom stereocenters. The number of aryl methyl sites for hydroxylation is 3. The van der Waals surface area contributed by atoms with Crippen LogP contribution in [0.4, 0.5) is 0 Å². The molecule has 13 aromatic rings. The Balaban J connectivity index is 0.00000724. The van der Waals surface area contributed by atoms with E-state index in [9.17, 15) is 0 Å². The number of hydrogen-bond acceptors (Lipinski definition) is 5. The number of para-hydroxylation sites is 2. The van der Waals surface area contributed by atoms with E-state index in [2.05, 4.69) is 267 Å². The fourth-order valence-corrected chi connectivity index (χ4v) is 12.4. The molecule has 428 valence electrons. The zero-order valence-electron chi connectivity index (χ0n) is 50.7. The summed E-state index contributed by atoms with van der Waals surface area (Å²) in [6, 6.07) is 74.6. The normalized spacial score (nSPS) is 11.8. The number of benzene rings is 9. The van der Waals surface area contributed by atoms with Gasteiger partial charge in [-0.2, -0.15) is 0 Å². The van der Waals surface area contributed by atoms with Gasteiger partial charge < -0.3 is 18.3 Å². The third kappa shape index (κ3) is 10.7. The van der Waals surface area contributed by atoms with Crippen molar-refractivity contribution in [3.05, 3.63) is 246 Å². The van der Waals surface area contributed by atoms with Gasteiger partial charge in [-0.3, -0.25) is 15.0 Å². The van der Waals surface area contributed by atoms with Crippen molar-refractivity contribution in [1.82, 2.24) is 24.1 Å². The molecule has 0 aliphatic heterocycles. The second-order valence-electron chi connectivity index (χ2n) is 24.0. The number of rotatable bonds is 14. The monoisotopic (exact) mass is 1300 g/mol. The summed E-state index contributed by atoms with van der Waals surface area (Å²) in [5, 5.41) is 0.786. The van der Waals surface area contributed by atoms with Gasteiger partial charge in [0.15, 0.2) is 0 Å². The van der Waals surface area contributed by atoms with Crippen LogP contribution in [0.15, 0.2) is 199 Å². The minimum absolute atomic E-state index is 0. The van der Waals surface area contributed by atoms with E-state index >= 15 is 0 Å². The number of pyridine rings is 1. The molecule has 0 aliphatic carbocycles. The maximum Gasteiger partial charge on any atom is 2.00 e. The van der Waals surface area contributed by atoms with E-state index in [4.69, 9.17) is 24.1 Å². The first-order valence-corrected chi connectivity index (χ1v) is 29.8. The molecular formula is C78H69N5O2Pt. The SMILES string of the molecule is Cc1cc(-c2cc(C)c3c(c2)nc(-c2[c-]c(Oc4[c-]c(-c5nc6ccccc6n5-c5c(C(C)C)cc(-c6ccccc6)cc5C(C)C)ccc4)c4ccoc4c2)n3-c2c(C(C)C)cc(-c3ccc(-c4ccccc4)cc3)cc2C(C)C)cc(C)n1.[Pt+2]. The van der Waals surface area contributed by atoms with Crippen LogP contribution in [0, 0.1) is 32.9 Å². The van der Waals surface area contributed by atoms with Gasteiger partial charge in [0.2, 0.25) is 0 Å². The number of aromatic nitrogens is 5. The average Bonchev–Trinajstić information content (AvgIpc) is 1.89. The first kappa shape index (κ1) is 57.5. The number of ether oxygens (including phenoxy) is 1. The van der Waals surface area contributed by atoms with Crippen molar-refractivity contribution < 1.29 is 30.2 Å². The number of fused-ring (bicyclic) bond motifs is 3. The molecule has 0 atom stereocenters. The van der Waals surface area contributed by atoms with Gasteiger partial charge in [-0.1, -0.05) is 177 Å². The molecule has 0 bridgehead atoms. The third-order valence-electron chi connectivity index (χ3n) is 16.5. The van der Waals surface area contributed by atoms with Crippen molar-refractivity contribution in [3.8, 4) is 90.2 Å². The van der Waals surface area contributed by atoms with E-state index in [-0.39, 0.29) is 44.7 Å². The van der Waals surface area contributed by atoms with Gasteiger partial charge in [0.1, 0.15) is 0 Å². The number of nitrogens with zero attached hydrogens (tertiary/aromatic N) is 5. The minimum atomic E-state index is 0. The van der Waals surface area contributed by atoms with Gasteiger partial charge in [-0.25, -0.2) is 0 Å². The second kappa shape index (κ2) is 23.5. The Morgan fingerprint density at radius 3 is 1.50 bits per heavy atom. The molecule has 0 saturated heterocycles. The number of furan rings is 1. The molecule has 13 rings (SSSR count). The predicted molar refractivity (Wildman–Crippen MR) is 351 cm³/mol. The Labute approximate surface area is 519 Å². The summed E-state index contributed by atoms with van der Waals surface area (Å²) in [5.41, 5.74) is 25.6. The second-order valence-corrected chi connectivity index (χ2v) is 24.0. The summed E-state index contributed by atoms with van der Waals surface area (Å²) >= 11 is 0. The topological polar surface area (TPSA) is 70.9 Å². The summed E-state index contributed by atoms with van der Waals surface area (Å²) in [4.78, 5) is 15.8. The van der Waals surface area contributed by atoms with E-state index in [0.29, 0.717) is 17.1 Å². The Bertz CT molecular complexity index is 4580. The summed E-state index contributed by atoms with van der Waals surface area (Å²) in [5.74, 6) is 3.28. The third-order valence-corrected chi connectivity index (χ3v) is 16.5. The fraction of sp³-hybridized carbons (Fsp3) is 0.192. The molecule has 0 aliphatic rings. The number of hydrogen-bond donors (Lipinski definition) is 0. The van der Waals surface area contributed by atoms with Gasteiger partial charge in [-0.15, -0.1) is 29.3 Å². The van der Waals surface area contributed by atoms with E-state index in [1.54, 1.807) is 6.26 Å². The van der Waals surface area contributed by atoms with Crippen LogP contribution in [-0.2, 0) is 21.1 Å². The van der Waals surface area contributed by atoms with Crippen molar-refractivity contribution in [2.75, 3.05) is 0 Å². The maximum atomic E-state index is 7.10. The van der Waals surface area contributed by atoms with Crippen molar-refractivity contribution in [2.24, 2.45) is 0 Å². The first-order valence-electron chi connectivity index (χ1n) is 29.8. The fourth-order valence-electron chi connectivity index (χ4n) is 12.4. The van der Waals surface area contributed by atoms with E-state index in [1.807, 2.05) is 18.2 Å². The van der Waals surface area contributed by atoms with Crippen LogP contribution in [0.1, 0.15) is 118 Å². The maximum absolute atomic E-state index is 7.10. The minimum Gasteiger partial charge on any atom is -0.496 e. The largest absolute Gasteiger partial charge is 2.00 e. The molecule has 0 fully saturated rings. The Morgan fingerprint density at radius 2 is 0.907 bits per heavy atom. The van der Waals surface area contributed by atoms with Crippen LogP contribution in [0.25, 0.3) is 112 Å². The molecule has 0 radical (unpaired) electrons. The molecule has 86 heavy (non-hydrogen) atoms. The average molecular weight is 1300 g/mol. The van der Waals surface area contributed by atoms with Crippen molar-refractivity contribution in [2.45, 2.75) is 99.8 Å². The Hall–Kier alpha value is -8.90. The van der Waals surface area contributed by atoms with E-state index in [0.717, 1.165) is 89.7 Å². The van der Waals surface area contributed by atoms with Crippen molar-refractivity contribution in [3.63, 3.8) is 0 Å². The molecule has 9 aromatic carbocycles. The van der Waals surface area contributed by atoms with Gasteiger partial charge >= 0.3 is 21.1 Å². The van der Waals surface area contributed by atoms with Crippen LogP contribution in [0.2, 0.25) is 0 Å². The Kier molecular flexibility index (Phi) is 15.7. The van der Waals surface area contributed by atoms with Crippen molar-refractivity contribution in [1.29, 1.82) is 0 Å².